The minimum atomic E-state index is -0.915. The van der Waals surface area contributed by atoms with Gasteiger partial charge in [0.2, 0.25) is 0 Å². The van der Waals surface area contributed by atoms with Gasteiger partial charge in [-0.2, -0.15) is 5.10 Å². The number of ether oxygens (including phenoxy) is 2. The van der Waals surface area contributed by atoms with Crippen LogP contribution in [0.5, 0.6) is 11.5 Å². The maximum Gasteiger partial charge on any atom is 0.329 e. The lowest BCUT2D eigenvalue weighted by atomic mass is 10.2. The van der Waals surface area contributed by atoms with Gasteiger partial charge in [0.05, 0.1) is 18.3 Å². The summed E-state index contributed by atoms with van der Waals surface area (Å²) in [6, 6.07) is 11.7. The van der Waals surface area contributed by atoms with Gasteiger partial charge in [-0.15, -0.1) is 0 Å². The van der Waals surface area contributed by atoms with Gasteiger partial charge in [-0.3, -0.25) is 14.4 Å². The van der Waals surface area contributed by atoms with Gasteiger partial charge in [0, 0.05) is 6.54 Å². The molecule has 0 radical (unpaired) electrons. The van der Waals surface area contributed by atoms with Gasteiger partial charge >= 0.3 is 11.8 Å². The van der Waals surface area contributed by atoms with Crippen LogP contribution in [0.4, 0.5) is 0 Å². The molecule has 0 aliphatic carbocycles. The number of primary amides is 1. The van der Waals surface area contributed by atoms with E-state index in [1.54, 1.807) is 37.4 Å². The van der Waals surface area contributed by atoms with E-state index in [0.717, 1.165) is 5.56 Å². The van der Waals surface area contributed by atoms with Crippen molar-refractivity contribution in [3.8, 4) is 11.5 Å². The van der Waals surface area contributed by atoms with E-state index in [-0.39, 0.29) is 23.9 Å². The van der Waals surface area contributed by atoms with Crippen molar-refractivity contribution >= 4 is 35.5 Å². The molecule has 0 bridgehead atoms. The molecule has 29 heavy (non-hydrogen) atoms. The smallest absolute Gasteiger partial charge is 0.329 e. The van der Waals surface area contributed by atoms with Gasteiger partial charge < -0.3 is 20.5 Å². The number of carbonyl (C=O) groups excluding carboxylic acids is 3. The monoisotopic (exact) mass is 418 g/mol. The molecule has 9 nitrogen and oxygen atoms in total. The van der Waals surface area contributed by atoms with Crippen LogP contribution in [0.15, 0.2) is 47.6 Å². The third-order valence-electron chi connectivity index (χ3n) is 3.52. The summed E-state index contributed by atoms with van der Waals surface area (Å²) in [6.07, 6.45) is 1.30. The molecule has 0 aromatic heterocycles. The molecule has 152 valence electrons. The number of hydrazone groups is 1. The number of amides is 3. The Morgan fingerprint density at radius 2 is 1.86 bits per heavy atom. The van der Waals surface area contributed by atoms with Crippen molar-refractivity contribution in [2.24, 2.45) is 10.8 Å². The molecular weight excluding hydrogens is 400 g/mol. The molecule has 0 spiro atoms. The minimum absolute atomic E-state index is 0.183. The van der Waals surface area contributed by atoms with Gasteiger partial charge in [-0.1, -0.05) is 23.7 Å². The van der Waals surface area contributed by atoms with Crippen molar-refractivity contribution in [3.05, 3.63) is 58.6 Å². The second-order valence-electron chi connectivity index (χ2n) is 5.67. The number of hydrogen-bond donors (Lipinski definition) is 3. The van der Waals surface area contributed by atoms with E-state index in [4.69, 9.17) is 26.8 Å². The standard InChI is InChI=1S/C19H19ClN4O5/c1-28-14-5-2-12(3-6-14)9-22-18(26)19(27)24-23-10-13-4-7-16(15(20)8-13)29-11-17(21)25/h2-8,10H,9,11H2,1H3,(H2,21,25)(H,22,26)(H,24,27)/b23-10-. The van der Waals surface area contributed by atoms with Crippen LogP contribution in [0.1, 0.15) is 11.1 Å². The predicted octanol–water partition coefficient (Wildman–Crippen LogP) is 0.979. The summed E-state index contributed by atoms with van der Waals surface area (Å²) in [5, 5.41) is 6.43. The highest BCUT2D eigenvalue weighted by atomic mass is 35.5. The number of rotatable bonds is 8. The Morgan fingerprint density at radius 3 is 2.48 bits per heavy atom. The molecule has 2 rings (SSSR count). The molecule has 0 heterocycles. The zero-order valence-electron chi connectivity index (χ0n) is 15.5. The molecule has 0 saturated heterocycles. The first kappa shape index (κ1) is 21.7. The molecule has 3 amide bonds. The lowest BCUT2D eigenvalue weighted by Crippen LogP contribution is -2.37. The number of nitrogens with two attached hydrogens (primary N) is 1. The van der Waals surface area contributed by atoms with Gasteiger partial charge in [0.1, 0.15) is 11.5 Å². The number of methoxy groups -OCH3 is 1. The Labute approximate surface area is 171 Å². The maximum atomic E-state index is 11.8. The van der Waals surface area contributed by atoms with E-state index in [2.05, 4.69) is 15.8 Å². The maximum absolute atomic E-state index is 11.8. The lowest BCUT2D eigenvalue weighted by molar-refractivity contribution is -0.139. The van der Waals surface area contributed by atoms with Crippen molar-refractivity contribution in [2.45, 2.75) is 6.54 Å². The van der Waals surface area contributed by atoms with Crippen molar-refractivity contribution in [1.29, 1.82) is 0 Å². The molecule has 0 unspecified atom stereocenters. The highest BCUT2D eigenvalue weighted by Gasteiger charge is 2.12. The first-order valence-corrected chi connectivity index (χ1v) is 8.71. The fraction of sp³-hybridized carbons (Fsp3) is 0.158. The largest absolute Gasteiger partial charge is 0.497 e. The number of benzene rings is 2. The third-order valence-corrected chi connectivity index (χ3v) is 3.82. The van der Waals surface area contributed by atoms with Crippen molar-refractivity contribution < 1.29 is 23.9 Å². The van der Waals surface area contributed by atoms with E-state index in [0.29, 0.717) is 11.3 Å². The second-order valence-corrected chi connectivity index (χ2v) is 6.08. The summed E-state index contributed by atoms with van der Waals surface area (Å²) in [4.78, 5) is 34.3. The van der Waals surface area contributed by atoms with Crippen LogP contribution in [-0.2, 0) is 20.9 Å². The summed E-state index contributed by atoms with van der Waals surface area (Å²) < 4.78 is 10.2. The van der Waals surface area contributed by atoms with Crippen LogP contribution in [-0.4, -0.2) is 37.7 Å². The molecule has 2 aromatic rings. The van der Waals surface area contributed by atoms with E-state index < -0.39 is 17.7 Å². The third kappa shape index (κ3) is 7.15. The fourth-order valence-electron chi connectivity index (χ4n) is 2.09. The normalized spacial score (nSPS) is 10.4. The van der Waals surface area contributed by atoms with Gasteiger partial charge in [-0.25, -0.2) is 5.43 Å². The highest BCUT2D eigenvalue weighted by Crippen LogP contribution is 2.24. The van der Waals surface area contributed by atoms with E-state index in [9.17, 15) is 14.4 Å². The van der Waals surface area contributed by atoms with Crippen LogP contribution in [0.25, 0.3) is 0 Å². The average Bonchev–Trinajstić information content (AvgIpc) is 2.71. The summed E-state index contributed by atoms with van der Waals surface area (Å²) in [5.41, 5.74) is 8.47. The minimum Gasteiger partial charge on any atom is -0.497 e. The van der Waals surface area contributed by atoms with Crippen LogP contribution in [0, 0.1) is 0 Å². The zero-order chi connectivity index (χ0) is 21.2. The Kier molecular flexibility index (Phi) is 7.99. The van der Waals surface area contributed by atoms with Gasteiger partial charge in [0.25, 0.3) is 5.91 Å². The van der Waals surface area contributed by atoms with E-state index >= 15 is 0 Å². The van der Waals surface area contributed by atoms with Gasteiger partial charge in [0.15, 0.2) is 6.61 Å². The zero-order valence-corrected chi connectivity index (χ0v) is 16.2. The molecule has 0 fully saturated rings. The Bertz CT molecular complexity index is 915. The molecule has 4 N–H and O–H groups in total. The topological polar surface area (TPSA) is 132 Å². The number of carbonyl (C=O) groups is 3. The first-order valence-electron chi connectivity index (χ1n) is 8.34. The summed E-state index contributed by atoms with van der Waals surface area (Å²) >= 11 is 6.03. The van der Waals surface area contributed by atoms with Crippen LogP contribution in [0.2, 0.25) is 5.02 Å². The second kappa shape index (κ2) is 10.7. The Hall–Kier alpha value is -3.59. The van der Waals surface area contributed by atoms with Crippen LogP contribution in [0.3, 0.4) is 0 Å². The number of hydrogen-bond acceptors (Lipinski definition) is 6. The lowest BCUT2D eigenvalue weighted by Gasteiger charge is -2.06. The van der Waals surface area contributed by atoms with Crippen molar-refractivity contribution in [3.63, 3.8) is 0 Å². The number of nitrogens with one attached hydrogen (secondary N) is 2. The molecule has 0 saturated carbocycles. The Balaban J connectivity index is 1.82. The molecule has 0 aliphatic heterocycles. The first-order chi connectivity index (χ1) is 13.9. The summed E-state index contributed by atoms with van der Waals surface area (Å²) in [7, 11) is 1.56. The molecule has 0 atom stereocenters. The van der Waals surface area contributed by atoms with Crippen molar-refractivity contribution in [2.75, 3.05) is 13.7 Å². The fourth-order valence-corrected chi connectivity index (χ4v) is 2.33. The van der Waals surface area contributed by atoms with E-state index in [1.165, 1.54) is 18.3 Å². The SMILES string of the molecule is COc1ccc(CNC(=O)C(=O)N/N=C\c2ccc(OCC(N)=O)c(Cl)c2)cc1. The molecule has 10 heteroatoms. The summed E-state index contributed by atoms with van der Waals surface area (Å²) in [6.45, 7) is -0.114. The van der Waals surface area contributed by atoms with Crippen LogP contribution >= 0.6 is 11.6 Å². The molecular formula is C19H19ClN4O5. The van der Waals surface area contributed by atoms with Crippen LogP contribution < -0.4 is 25.9 Å². The summed E-state index contributed by atoms with van der Waals surface area (Å²) in [5.74, 6) is -1.39. The molecule has 2 aromatic carbocycles. The van der Waals surface area contributed by atoms with Gasteiger partial charge in [-0.05, 0) is 41.5 Å². The average molecular weight is 419 g/mol. The number of halogens is 1. The molecule has 0 aliphatic rings. The van der Waals surface area contributed by atoms with Crippen molar-refractivity contribution in [1.82, 2.24) is 10.7 Å². The quantitative estimate of drug-likeness (QED) is 0.334. The van der Waals surface area contributed by atoms with E-state index in [1.807, 2.05) is 0 Å². The number of nitrogens with zero attached hydrogens (tertiary/aromatic N) is 1. The Morgan fingerprint density at radius 1 is 1.14 bits per heavy atom. The predicted molar refractivity (Wildman–Crippen MR) is 107 cm³/mol. The highest BCUT2D eigenvalue weighted by molar-refractivity contribution is 6.35.